The minimum atomic E-state index is -0.0184. The van der Waals surface area contributed by atoms with Crippen LogP contribution in [0, 0.1) is 5.92 Å². The predicted octanol–water partition coefficient (Wildman–Crippen LogP) is 4.01. The molecular weight excluding hydrogens is 241 g/mol. The lowest BCUT2D eigenvalue weighted by atomic mass is 9.73. The third-order valence-corrected chi connectivity index (χ3v) is 4.66. The highest BCUT2D eigenvalue weighted by atomic mass is 35.5. The van der Waals surface area contributed by atoms with Crippen LogP contribution in [0.15, 0.2) is 18.2 Å². The van der Waals surface area contributed by atoms with Crippen molar-refractivity contribution in [2.45, 2.75) is 31.6 Å². The first-order valence-electron chi connectivity index (χ1n) is 5.76. The molecule has 0 amide bonds. The molecule has 88 valence electrons. The van der Waals surface area contributed by atoms with Crippen molar-refractivity contribution in [1.82, 2.24) is 0 Å². The maximum absolute atomic E-state index is 6.30. The van der Waals surface area contributed by atoms with Crippen LogP contribution in [-0.4, -0.2) is 6.54 Å². The fraction of sp³-hybridized carbons (Fsp3) is 0.538. The normalized spacial score (nSPS) is 29.6. The van der Waals surface area contributed by atoms with Gasteiger partial charge in [-0.15, -0.1) is 0 Å². The lowest BCUT2D eigenvalue weighted by molar-refractivity contribution is 0.346. The molecule has 0 saturated heterocycles. The minimum Gasteiger partial charge on any atom is -0.330 e. The summed E-state index contributed by atoms with van der Waals surface area (Å²) < 4.78 is 0. The largest absolute Gasteiger partial charge is 0.330 e. The summed E-state index contributed by atoms with van der Waals surface area (Å²) in [5.74, 6) is 0.551. The molecule has 1 aliphatic carbocycles. The van der Waals surface area contributed by atoms with Gasteiger partial charge in [-0.1, -0.05) is 42.6 Å². The van der Waals surface area contributed by atoms with Crippen molar-refractivity contribution in [2.75, 3.05) is 6.54 Å². The van der Waals surface area contributed by atoms with Gasteiger partial charge in [0.25, 0.3) is 0 Å². The molecule has 1 aromatic carbocycles. The molecular formula is C13H17Cl2N. The fourth-order valence-electron chi connectivity index (χ4n) is 3.00. The summed E-state index contributed by atoms with van der Waals surface area (Å²) in [6.45, 7) is 2.87. The Hall–Kier alpha value is -0.240. The summed E-state index contributed by atoms with van der Waals surface area (Å²) in [7, 11) is 0. The molecule has 0 heterocycles. The Bertz CT molecular complexity index is 371. The lowest BCUT2D eigenvalue weighted by Crippen LogP contribution is -2.38. The smallest absolute Gasteiger partial charge is 0.0459 e. The number of hydrogen-bond donors (Lipinski definition) is 1. The van der Waals surface area contributed by atoms with Crippen molar-refractivity contribution in [3.05, 3.63) is 33.8 Å². The number of halogens is 2. The van der Waals surface area contributed by atoms with Gasteiger partial charge in [0.1, 0.15) is 0 Å². The van der Waals surface area contributed by atoms with Crippen molar-refractivity contribution in [2.24, 2.45) is 11.7 Å². The maximum atomic E-state index is 6.30. The lowest BCUT2D eigenvalue weighted by Gasteiger charge is -2.34. The average molecular weight is 258 g/mol. The van der Waals surface area contributed by atoms with Gasteiger partial charge in [0.2, 0.25) is 0 Å². The van der Waals surface area contributed by atoms with Crippen LogP contribution in [0.1, 0.15) is 31.7 Å². The molecule has 1 fully saturated rings. The fourth-order valence-corrected chi connectivity index (χ4v) is 3.77. The first kappa shape index (κ1) is 12.2. The zero-order valence-electron chi connectivity index (χ0n) is 9.47. The maximum Gasteiger partial charge on any atom is 0.0459 e. The van der Waals surface area contributed by atoms with Gasteiger partial charge >= 0.3 is 0 Å². The summed E-state index contributed by atoms with van der Waals surface area (Å²) in [6.07, 6.45) is 3.51. The van der Waals surface area contributed by atoms with E-state index in [4.69, 9.17) is 28.9 Å². The van der Waals surface area contributed by atoms with E-state index in [1.54, 1.807) is 0 Å². The second-order valence-corrected chi connectivity index (χ2v) is 5.56. The van der Waals surface area contributed by atoms with Crippen molar-refractivity contribution < 1.29 is 0 Å². The van der Waals surface area contributed by atoms with Crippen molar-refractivity contribution >= 4 is 23.2 Å². The Morgan fingerprint density at radius 2 is 2.00 bits per heavy atom. The van der Waals surface area contributed by atoms with Crippen molar-refractivity contribution in [3.8, 4) is 0 Å². The molecule has 2 unspecified atom stereocenters. The molecule has 0 aromatic heterocycles. The summed E-state index contributed by atoms with van der Waals surface area (Å²) in [6, 6.07) is 5.70. The van der Waals surface area contributed by atoms with E-state index >= 15 is 0 Å². The summed E-state index contributed by atoms with van der Waals surface area (Å²) in [5.41, 5.74) is 7.05. The molecule has 3 heteroatoms. The van der Waals surface area contributed by atoms with E-state index in [1.165, 1.54) is 12.8 Å². The summed E-state index contributed by atoms with van der Waals surface area (Å²) >= 11 is 12.6. The standard InChI is InChI=1S/C13H17Cl2N/c1-9-4-3-7-13(9,8-16)12-10(14)5-2-6-11(12)15/h2,5-6,9H,3-4,7-8,16H2,1H3. The molecule has 2 N–H and O–H groups in total. The highest BCUT2D eigenvalue weighted by Crippen LogP contribution is 2.49. The van der Waals surface area contributed by atoms with Gasteiger partial charge in [0.15, 0.2) is 0 Å². The molecule has 1 saturated carbocycles. The Labute approximate surface area is 107 Å². The molecule has 0 spiro atoms. The van der Waals surface area contributed by atoms with E-state index in [-0.39, 0.29) is 5.41 Å². The molecule has 0 bridgehead atoms. The molecule has 16 heavy (non-hydrogen) atoms. The summed E-state index contributed by atoms with van der Waals surface area (Å²) in [4.78, 5) is 0. The van der Waals surface area contributed by atoms with E-state index < -0.39 is 0 Å². The Morgan fingerprint density at radius 1 is 1.38 bits per heavy atom. The monoisotopic (exact) mass is 257 g/mol. The Balaban J connectivity index is 2.56. The molecule has 1 aromatic rings. The number of rotatable bonds is 2. The van der Waals surface area contributed by atoms with Crippen molar-refractivity contribution in [1.29, 1.82) is 0 Å². The van der Waals surface area contributed by atoms with Gasteiger partial charge in [0, 0.05) is 22.0 Å². The minimum absolute atomic E-state index is 0.0184. The molecule has 1 aliphatic rings. The van der Waals surface area contributed by atoms with Crippen LogP contribution < -0.4 is 5.73 Å². The second-order valence-electron chi connectivity index (χ2n) is 4.75. The van der Waals surface area contributed by atoms with Gasteiger partial charge < -0.3 is 5.73 Å². The second kappa shape index (κ2) is 4.56. The van der Waals surface area contributed by atoms with Crippen LogP contribution in [-0.2, 0) is 5.41 Å². The zero-order chi connectivity index (χ0) is 11.8. The number of nitrogens with two attached hydrogens (primary N) is 1. The van der Waals surface area contributed by atoms with Crippen LogP contribution in [0.2, 0.25) is 10.0 Å². The number of benzene rings is 1. The zero-order valence-corrected chi connectivity index (χ0v) is 11.0. The Kier molecular flexibility index (Phi) is 3.48. The molecule has 0 aliphatic heterocycles. The summed E-state index contributed by atoms with van der Waals surface area (Å²) in [5, 5.41) is 1.51. The molecule has 1 nitrogen and oxygen atoms in total. The van der Waals surface area contributed by atoms with Crippen LogP contribution in [0.3, 0.4) is 0 Å². The van der Waals surface area contributed by atoms with Gasteiger partial charge in [-0.3, -0.25) is 0 Å². The van der Waals surface area contributed by atoms with Gasteiger partial charge in [0.05, 0.1) is 0 Å². The van der Waals surface area contributed by atoms with Gasteiger partial charge in [-0.25, -0.2) is 0 Å². The highest BCUT2D eigenvalue weighted by Gasteiger charge is 2.42. The third-order valence-electron chi connectivity index (χ3n) is 4.03. The van der Waals surface area contributed by atoms with Crippen LogP contribution in [0.4, 0.5) is 0 Å². The van der Waals surface area contributed by atoms with Gasteiger partial charge in [-0.2, -0.15) is 0 Å². The molecule has 2 atom stereocenters. The van der Waals surface area contributed by atoms with E-state index in [1.807, 2.05) is 18.2 Å². The SMILES string of the molecule is CC1CCCC1(CN)c1c(Cl)cccc1Cl. The van der Waals surface area contributed by atoms with Crippen LogP contribution in [0.5, 0.6) is 0 Å². The topological polar surface area (TPSA) is 26.0 Å². The first-order chi connectivity index (χ1) is 7.62. The van der Waals surface area contributed by atoms with Gasteiger partial charge in [-0.05, 0) is 36.5 Å². The predicted molar refractivity (Wildman–Crippen MR) is 70.2 cm³/mol. The first-order valence-corrected chi connectivity index (χ1v) is 6.52. The molecule has 0 radical (unpaired) electrons. The average Bonchev–Trinajstić information content (AvgIpc) is 2.61. The van der Waals surface area contributed by atoms with E-state index in [2.05, 4.69) is 6.92 Å². The Morgan fingerprint density at radius 3 is 2.44 bits per heavy atom. The number of hydrogen-bond acceptors (Lipinski definition) is 1. The van der Waals surface area contributed by atoms with Crippen LogP contribution in [0.25, 0.3) is 0 Å². The van der Waals surface area contributed by atoms with E-state index in [9.17, 15) is 0 Å². The van der Waals surface area contributed by atoms with E-state index in [0.29, 0.717) is 12.5 Å². The van der Waals surface area contributed by atoms with Crippen molar-refractivity contribution in [3.63, 3.8) is 0 Å². The van der Waals surface area contributed by atoms with Crippen LogP contribution >= 0.6 is 23.2 Å². The third kappa shape index (κ3) is 1.75. The quantitative estimate of drug-likeness (QED) is 0.852. The molecule has 2 rings (SSSR count). The highest BCUT2D eigenvalue weighted by molar-refractivity contribution is 6.36. The van der Waals surface area contributed by atoms with E-state index in [0.717, 1.165) is 22.0 Å².